The number of anilines is 1. The lowest BCUT2D eigenvalue weighted by Crippen LogP contribution is -2.46. The van der Waals surface area contributed by atoms with Gasteiger partial charge in [0.05, 0.1) is 6.04 Å². The minimum atomic E-state index is -1.83. The van der Waals surface area contributed by atoms with Gasteiger partial charge < -0.3 is 9.74 Å². The smallest absolute Gasteiger partial charge is 0.185 e. The minimum Gasteiger partial charge on any atom is -0.404 e. The van der Waals surface area contributed by atoms with E-state index in [-0.39, 0.29) is 6.04 Å². The van der Waals surface area contributed by atoms with Gasteiger partial charge in [-0.1, -0.05) is 78.9 Å². The van der Waals surface area contributed by atoms with E-state index in [0.717, 1.165) is 6.42 Å². The van der Waals surface area contributed by atoms with Crippen LogP contribution < -0.4 is 5.32 Å². The van der Waals surface area contributed by atoms with Crippen LogP contribution in [0.15, 0.2) is 84.9 Å². The van der Waals surface area contributed by atoms with Gasteiger partial charge in [0.2, 0.25) is 0 Å². The Hall–Kier alpha value is -2.36. The van der Waals surface area contributed by atoms with Gasteiger partial charge in [-0.2, -0.15) is 0 Å². The molecule has 138 valence electrons. The van der Waals surface area contributed by atoms with E-state index in [1.54, 1.807) is 0 Å². The molecule has 1 heterocycles. The van der Waals surface area contributed by atoms with Crippen molar-refractivity contribution in [2.45, 2.75) is 37.7 Å². The van der Waals surface area contributed by atoms with Gasteiger partial charge in [0, 0.05) is 17.7 Å². The molecule has 0 fully saturated rings. The Morgan fingerprint density at radius 3 is 2.07 bits per heavy atom. The van der Waals surface area contributed by atoms with Crippen LogP contribution in [0.25, 0.3) is 0 Å². The summed E-state index contributed by atoms with van der Waals surface area (Å²) in [4.78, 5) is 0. The average Bonchev–Trinajstić information content (AvgIpc) is 2.68. The molecule has 0 spiro atoms. The molecule has 2 atom stereocenters. The second kappa shape index (κ2) is 6.99. The van der Waals surface area contributed by atoms with E-state index in [9.17, 15) is 0 Å². The predicted octanol–water partition coefficient (Wildman–Crippen LogP) is 6.34. The van der Waals surface area contributed by atoms with E-state index < -0.39 is 13.9 Å². The van der Waals surface area contributed by atoms with Crippen molar-refractivity contribution < 1.29 is 4.43 Å². The lowest BCUT2D eigenvalue weighted by atomic mass is 9.76. The van der Waals surface area contributed by atoms with Gasteiger partial charge in [0.15, 0.2) is 8.32 Å². The van der Waals surface area contributed by atoms with Crippen LogP contribution in [0.1, 0.15) is 29.2 Å². The summed E-state index contributed by atoms with van der Waals surface area (Å²) in [6.45, 7) is 6.83. The molecule has 27 heavy (non-hydrogen) atoms. The topological polar surface area (TPSA) is 21.3 Å². The zero-order valence-electron chi connectivity index (χ0n) is 16.3. The molecule has 1 aliphatic rings. The summed E-state index contributed by atoms with van der Waals surface area (Å²) in [5.74, 6) is 0. The molecule has 4 rings (SSSR count). The number of fused-ring (bicyclic) bond motifs is 1. The second-order valence-corrected chi connectivity index (χ2v) is 12.7. The number of hydrogen-bond donors (Lipinski definition) is 1. The maximum Gasteiger partial charge on any atom is 0.185 e. The highest BCUT2D eigenvalue weighted by atomic mass is 28.4. The van der Waals surface area contributed by atoms with Crippen LogP contribution in [0.3, 0.4) is 0 Å². The fraction of sp³-hybridized carbons (Fsp3) is 0.250. The molecule has 2 unspecified atom stereocenters. The highest BCUT2D eigenvalue weighted by Gasteiger charge is 2.45. The highest BCUT2D eigenvalue weighted by Crippen LogP contribution is 2.50. The molecule has 3 aromatic rings. The fourth-order valence-electron chi connectivity index (χ4n) is 4.14. The number of hydrogen-bond acceptors (Lipinski definition) is 2. The Labute approximate surface area is 163 Å². The van der Waals surface area contributed by atoms with Gasteiger partial charge in [0.1, 0.15) is 5.60 Å². The van der Waals surface area contributed by atoms with Crippen LogP contribution in [0.4, 0.5) is 5.69 Å². The van der Waals surface area contributed by atoms with Crippen molar-refractivity contribution in [2.75, 3.05) is 5.32 Å². The van der Waals surface area contributed by atoms with Crippen molar-refractivity contribution in [3.05, 3.63) is 102 Å². The van der Waals surface area contributed by atoms with E-state index >= 15 is 0 Å². The first-order valence-corrected chi connectivity index (χ1v) is 13.1. The summed E-state index contributed by atoms with van der Waals surface area (Å²) in [5.41, 5.74) is 4.51. The van der Waals surface area contributed by atoms with E-state index in [4.69, 9.17) is 4.43 Å². The summed E-state index contributed by atoms with van der Waals surface area (Å²) < 4.78 is 7.03. The van der Waals surface area contributed by atoms with E-state index in [2.05, 4.69) is 110 Å². The number of benzene rings is 3. The maximum atomic E-state index is 7.03. The first-order chi connectivity index (χ1) is 13.0. The van der Waals surface area contributed by atoms with Crippen molar-refractivity contribution >= 4 is 14.0 Å². The van der Waals surface area contributed by atoms with Crippen LogP contribution in [-0.2, 0) is 10.0 Å². The largest absolute Gasteiger partial charge is 0.404 e. The zero-order chi connectivity index (χ0) is 18.9. The standard InChI is InChI=1S/C24H27NOSi/c1-27(2,3)26-24(20-14-8-5-9-15-20)18-23(19-12-6-4-7-13-19)25-22-17-11-10-16-21(22)24/h4-17,23,25H,18H2,1-3H3. The van der Waals surface area contributed by atoms with Gasteiger partial charge in [-0.05, 0) is 36.8 Å². The van der Waals surface area contributed by atoms with Crippen molar-refractivity contribution in [1.29, 1.82) is 0 Å². The monoisotopic (exact) mass is 373 g/mol. The van der Waals surface area contributed by atoms with E-state index in [0.29, 0.717) is 0 Å². The molecule has 0 radical (unpaired) electrons. The predicted molar refractivity (Wildman–Crippen MR) is 116 cm³/mol. The first kappa shape index (κ1) is 18.0. The molecule has 0 saturated heterocycles. The average molecular weight is 374 g/mol. The van der Waals surface area contributed by atoms with Crippen molar-refractivity contribution in [3.63, 3.8) is 0 Å². The molecule has 2 nitrogen and oxygen atoms in total. The number of rotatable bonds is 4. The first-order valence-electron chi connectivity index (χ1n) is 9.65. The Bertz CT molecular complexity index is 904. The summed E-state index contributed by atoms with van der Waals surface area (Å²) in [6, 6.07) is 30.3. The van der Waals surface area contributed by atoms with Gasteiger partial charge in [0.25, 0.3) is 0 Å². The molecule has 1 N–H and O–H groups in total. The van der Waals surface area contributed by atoms with Gasteiger partial charge in [-0.25, -0.2) is 0 Å². The molecule has 0 bridgehead atoms. The summed E-state index contributed by atoms with van der Waals surface area (Å²) >= 11 is 0. The van der Waals surface area contributed by atoms with Crippen LogP contribution in [0.5, 0.6) is 0 Å². The molecule has 1 aliphatic heterocycles. The van der Waals surface area contributed by atoms with Gasteiger partial charge in [-0.3, -0.25) is 0 Å². The van der Waals surface area contributed by atoms with E-state index in [1.807, 2.05) is 0 Å². The second-order valence-electron chi connectivity index (χ2n) is 8.26. The third-order valence-corrected chi connectivity index (χ3v) is 6.07. The van der Waals surface area contributed by atoms with Crippen molar-refractivity contribution in [3.8, 4) is 0 Å². The third-order valence-electron chi connectivity index (χ3n) is 5.11. The quantitative estimate of drug-likeness (QED) is 0.539. The van der Waals surface area contributed by atoms with Gasteiger partial charge >= 0.3 is 0 Å². The van der Waals surface area contributed by atoms with Crippen LogP contribution >= 0.6 is 0 Å². The summed E-state index contributed by atoms with van der Waals surface area (Å²) in [5, 5.41) is 3.76. The van der Waals surface area contributed by atoms with Crippen LogP contribution in [-0.4, -0.2) is 8.32 Å². The molecule has 0 aromatic heterocycles. The molecule has 0 amide bonds. The Morgan fingerprint density at radius 1 is 0.815 bits per heavy atom. The Morgan fingerprint density at radius 2 is 1.41 bits per heavy atom. The summed E-state index contributed by atoms with van der Waals surface area (Å²) in [7, 11) is -1.83. The molecular weight excluding hydrogens is 346 g/mol. The van der Waals surface area contributed by atoms with Crippen molar-refractivity contribution in [1.82, 2.24) is 0 Å². The van der Waals surface area contributed by atoms with Gasteiger partial charge in [-0.15, -0.1) is 0 Å². The van der Waals surface area contributed by atoms with Crippen LogP contribution in [0, 0.1) is 0 Å². The Balaban J connectivity index is 1.92. The fourth-order valence-corrected chi connectivity index (χ4v) is 5.50. The molecule has 3 heteroatoms. The number of para-hydroxylation sites is 1. The Kier molecular flexibility index (Phi) is 4.66. The van der Waals surface area contributed by atoms with E-state index in [1.165, 1.54) is 22.4 Å². The molecule has 0 saturated carbocycles. The maximum absolute atomic E-state index is 7.03. The normalized spacial score (nSPS) is 22.0. The lowest BCUT2D eigenvalue weighted by molar-refractivity contribution is 0.0816. The lowest BCUT2D eigenvalue weighted by Gasteiger charge is -2.47. The third kappa shape index (κ3) is 3.57. The molecular formula is C24H27NOSi. The number of nitrogens with one attached hydrogen (secondary N) is 1. The van der Waals surface area contributed by atoms with Crippen LogP contribution in [0.2, 0.25) is 19.6 Å². The highest BCUT2D eigenvalue weighted by molar-refractivity contribution is 6.69. The molecule has 3 aromatic carbocycles. The minimum absolute atomic E-state index is 0.206. The molecule has 0 aliphatic carbocycles. The zero-order valence-corrected chi connectivity index (χ0v) is 17.3. The van der Waals surface area contributed by atoms with Crippen molar-refractivity contribution in [2.24, 2.45) is 0 Å². The summed E-state index contributed by atoms with van der Waals surface area (Å²) in [6.07, 6.45) is 0.877. The SMILES string of the molecule is C[Si](C)(C)OC1(c2ccccc2)CC(c2ccccc2)Nc2ccccc21.